The summed E-state index contributed by atoms with van der Waals surface area (Å²) in [6.07, 6.45) is 0. The van der Waals surface area contributed by atoms with Crippen LogP contribution in [0, 0.1) is 6.92 Å². The lowest BCUT2D eigenvalue weighted by Gasteiger charge is -2.17. The van der Waals surface area contributed by atoms with Crippen molar-refractivity contribution in [2.24, 2.45) is 0 Å². The molecule has 0 aliphatic heterocycles. The van der Waals surface area contributed by atoms with Crippen LogP contribution in [0.25, 0.3) is 0 Å². The molecule has 0 aliphatic carbocycles. The van der Waals surface area contributed by atoms with Crippen molar-refractivity contribution in [2.75, 3.05) is 25.1 Å². The SMILES string of the molecule is Cc1ccc(Cl)cc1Nc1cc(N)ccc1C(=O)N(C)C. The van der Waals surface area contributed by atoms with Crippen LogP contribution in [0.4, 0.5) is 17.1 Å². The van der Waals surface area contributed by atoms with Gasteiger partial charge in [-0.2, -0.15) is 0 Å². The molecule has 2 rings (SSSR count). The number of hydrogen-bond donors (Lipinski definition) is 2. The quantitative estimate of drug-likeness (QED) is 0.850. The summed E-state index contributed by atoms with van der Waals surface area (Å²) in [4.78, 5) is 13.8. The van der Waals surface area contributed by atoms with Gasteiger partial charge in [0.2, 0.25) is 0 Å². The highest BCUT2D eigenvalue weighted by molar-refractivity contribution is 6.30. The molecular weight excluding hydrogens is 286 g/mol. The van der Waals surface area contributed by atoms with E-state index in [1.807, 2.05) is 25.1 Å². The van der Waals surface area contributed by atoms with Crippen molar-refractivity contribution in [2.45, 2.75) is 6.92 Å². The van der Waals surface area contributed by atoms with Crippen molar-refractivity contribution in [1.29, 1.82) is 0 Å². The van der Waals surface area contributed by atoms with E-state index in [1.165, 1.54) is 4.90 Å². The van der Waals surface area contributed by atoms with Gasteiger partial charge in [0, 0.05) is 30.5 Å². The molecule has 0 aliphatic rings. The van der Waals surface area contributed by atoms with Gasteiger partial charge in [-0.3, -0.25) is 4.79 Å². The minimum Gasteiger partial charge on any atom is -0.399 e. The van der Waals surface area contributed by atoms with Gasteiger partial charge in [-0.1, -0.05) is 17.7 Å². The third kappa shape index (κ3) is 3.47. The summed E-state index contributed by atoms with van der Waals surface area (Å²) in [5.41, 5.74) is 9.53. The number of nitrogens with zero attached hydrogens (tertiary/aromatic N) is 1. The normalized spacial score (nSPS) is 10.3. The van der Waals surface area contributed by atoms with E-state index in [1.54, 1.807) is 32.3 Å². The van der Waals surface area contributed by atoms with Crippen LogP contribution in [-0.2, 0) is 0 Å². The fraction of sp³-hybridized carbons (Fsp3) is 0.188. The van der Waals surface area contributed by atoms with E-state index in [4.69, 9.17) is 17.3 Å². The molecule has 0 heterocycles. The summed E-state index contributed by atoms with van der Waals surface area (Å²) in [5, 5.41) is 3.88. The number of nitrogen functional groups attached to an aromatic ring is 1. The molecule has 4 nitrogen and oxygen atoms in total. The van der Waals surface area contributed by atoms with E-state index in [2.05, 4.69) is 5.32 Å². The Labute approximate surface area is 129 Å². The summed E-state index contributed by atoms with van der Waals surface area (Å²) >= 11 is 6.03. The second kappa shape index (κ2) is 6.06. The number of carbonyl (C=O) groups is 1. The molecule has 3 N–H and O–H groups in total. The van der Waals surface area contributed by atoms with E-state index in [0.717, 1.165) is 11.3 Å². The monoisotopic (exact) mass is 303 g/mol. The maximum Gasteiger partial charge on any atom is 0.255 e. The van der Waals surface area contributed by atoms with Crippen molar-refractivity contribution < 1.29 is 4.79 Å². The van der Waals surface area contributed by atoms with Crippen molar-refractivity contribution in [1.82, 2.24) is 4.90 Å². The van der Waals surface area contributed by atoms with Crippen LogP contribution >= 0.6 is 11.6 Å². The van der Waals surface area contributed by atoms with E-state index in [-0.39, 0.29) is 5.91 Å². The van der Waals surface area contributed by atoms with Crippen LogP contribution in [0.2, 0.25) is 5.02 Å². The Kier molecular flexibility index (Phi) is 4.38. The van der Waals surface area contributed by atoms with Gasteiger partial charge in [-0.25, -0.2) is 0 Å². The predicted molar refractivity (Wildman–Crippen MR) is 88.3 cm³/mol. The standard InChI is InChI=1S/C16H18ClN3O/c1-10-4-5-11(17)8-14(10)19-15-9-12(18)6-7-13(15)16(21)20(2)3/h4-9,19H,18H2,1-3H3. The van der Waals surface area contributed by atoms with Crippen molar-refractivity contribution >= 4 is 34.6 Å². The van der Waals surface area contributed by atoms with Crippen molar-refractivity contribution in [3.63, 3.8) is 0 Å². The Morgan fingerprint density at radius 3 is 2.52 bits per heavy atom. The summed E-state index contributed by atoms with van der Waals surface area (Å²) in [5.74, 6) is -0.0859. The van der Waals surface area contributed by atoms with Gasteiger partial charge < -0.3 is 16.0 Å². The number of amides is 1. The van der Waals surface area contributed by atoms with E-state index in [9.17, 15) is 4.79 Å². The zero-order valence-electron chi connectivity index (χ0n) is 12.3. The second-order valence-corrected chi connectivity index (χ2v) is 5.53. The molecule has 0 radical (unpaired) electrons. The lowest BCUT2D eigenvalue weighted by molar-refractivity contribution is 0.0828. The van der Waals surface area contributed by atoms with E-state index >= 15 is 0 Å². The number of halogens is 1. The van der Waals surface area contributed by atoms with Crippen LogP contribution in [0.3, 0.4) is 0 Å². The molecule has 0 atom stereocenters. The number of anilines is 3. The van der Waals surface area contributed by atoms with Gasteiger partial charge in [0.25, 0.3) is 5.91 Å². The topological polar surface area (TPSA) is 58.4 Å². The van der Waals surface area contributed by atoms with Crippen LogP contribution in [0.1, 0.15) is 15.9 Å². The Bertz CT molecular complexity index is 683. The van der Waals surface area contributed by atoms with Crippen LogP contribution < -0.4 is 11.1 Å². The smallest absolute Gasteiger partial charge is 0.255 e. The first-order valence-corrected chi connectivity index (χ1v) is 6.90. The maximum absolute atomic E-state index is 12.2. The first-order chi connectivity index (χ1) is 9.88. The molecule has 0 aromatic heterocycles. The highest BCUT2D eigenvalue weighted by atomic mass is 35.5. The average Bonchev–Trinajstić information content (AvgIpc) is 2.42. The van der Waals surface area contributed by atoms with Crippen LogP contribution in [-0.4, -0.2) is 24.9 Å². The third-order valence-electron chi connectivity index (χ3n) is 3.15. The van der Waals surface area contributed by atoms with Gasteiger partial charge in [0.15, 0.2) is 0 Å². The Morgan fingerprint density at radius 2 is 1.86 bits per heavy atom. The molecular formula is C16H18ClN3O. The van der Waals surface area contributed by atoms with E-state index < -0.39 is 0 Å². The van der Waals surface area contributed by atoms with Gasteiger partial charge in [0.05, 0.1) is 11.3 Å². The average molecular weight is 304 g/mol. The van der Waals surface area contributed by atoms with Gasteiger partial charge in [-0.05, 0) is 42.8 Å². The summed E-state index contributed by atoms with van der Waals surface area (Å²) in [7, 11) is 3.43. The number of hydrogen-bond acceptors (Lipinski definition) is 3. The number of rotatable bonds is 3. The molecule has 0 saturated heterocycles. The molecule has 2 aromatic rings. The Balaban J connectivity index is 2.45. The molecule has 0 unspecified atom stereocenters. The summed E-state index contributed by atoms with van der Waals surface area (Å²) in [6.45, 7) is 1.97. The van der Waals surface area contributed by atoms with Crippen LogP contribution in [0.5, 0.6) is 0 Å². The van der Waals surface area contributed by atoms with E-state index in [0.29, 0.717) is 22.0 Å². The molecule has 2 aromatic carbocycles. The highest BCUT2D eigenvalue weighted by Gasteiger charge is 2.14. The lowest BCUT2D eigenvalue weighted by atomic mass is 10.1. The number of nitrogens with one attached hydrogen (secondary N) is 1. The second-order valence-electron chi connectivity index (χ2n) is 5.09. The number of aryl methyl sites for hydroxylation is 1. The Morgan fingerprint density at radius 1 is 1.14 bits per heavy atom. The molecule has 0 saturated carbocycles. The number of benzene rings is 2. The summed E-state index contributed by atoms with van der Waals surface area (Å²) < 4.78 is 0. The van der Waals surface area contributed by atoms with Gasteiger partial charge in [0.1, 0.15) is 0 Å². The highest BCUT2D eigenvalue weighted by Crippen LogP contribution is 2.28. The first kappa shape index (κ1) is 15.2. The minimum atomic E-state index is -0.0859. The molecule has 0 fully saturated rings. The zero-order valence-corrected chi connectivity index (χ0v) is 13.0. The first-order valence-electron chi connectivity index (χ1n) is 6.53. The predicted octanol–water partition coefficient (Wildman–Crippen LogP) is 3.68. The van der Waals surface area contributed by atoms with Crippen molar-refractivity contribution in [3.05, 3.63) is 52.5 Å². The third-order valence-corrected chi connectivity index (χ3v) is 3.38. The molecule has 0 spiro atoms. The fourth-order valence-corrected chi connectivity index (χ4v) is 2.14. The number of carbonyl (C=O) groups excluding carboxylic acids is 1. The lowest BCUT2D eigenvalue weighted by Crippen LogP contribution is -2.22. The molecule has 1 amide bonds. The Hall–Kier alpha value is -2.20. The largest absolute Gasteiger partial charge is 0.399 e. The number of nitrogens with two attached hydrogens (primary N) is 1. The molecule has 0 bridgehead atoms. The minimum absolute atomic E-state index is 0.0859. The van der Waals surface area contributed by atoms with Gasteiger partial charge in [-0.15, -0.1) is 0 Å². The molecule has 21 heavy (non-hydrogen) atoms. The summed E-state index contributed by atoms with van der Waals surface area (Å²) in [6, 6.07) is 10.8. The van der Waals surface area contributed by atoms with Crippen molar-refractivity contribution in [3.8, 4) is 0 Å². The molecule has 5 heteroatoms. The zero-order chi connectivity index (χ0) is 15.6. The van der Waals surface area contributed by atoms with Gasteiger partial charge >= 0.3 is 0 Å². The maximum atomic E-state index is 12.2. The fourth-order valence-electron chi connectivity index (χ4n) is 1.97. The van der Waals surface area contributed by atoms with Crippen LogP contribution in [0.15, 0.2) is 36.4 Å². The molecule has 110 valence electrons.